The minimum Gasteiger partial charge on any atom is -0.368 e. The van der Waals surface area contributed by atoms with Crippen LogP contribution in [-0.4, -0.2) is 41.0 Å². The van der Waals surface area contributed by atoms with E-state index in [0.717, 1.165) is 23.7 Å². The van der Waals surface area contributed by atoms with Gasteiger partial charge in [0.25, 0.3) is 5.91 Å². The number of rotatable bonds is 8. The summed E-state index contributed by atoms with van der Waals surface area (Å²) < 4.78 is 59.0. The molecule has 0 spiro atoms. The van der Waals surface area contributed by atoms with Crippen molar-refractivity contribution < 1.29 is 22.0 Å². The fourth-order valence-electron chi connectivity index (χ4n) is 2.62. The molecular formula is C17H18F2N6O3S2. The third kappa shape index (κ3) is 4.46. The van der Waals surface area contributed by atoms with Crippen LogP contribution in [0.3, 0.4) is 0 Å². The number of hydrogen-bond donors (Lipinski definition) is 3. The molecule has 0 unspecified atom stereocenters. The third-order valence-corrected chi connectivity index (χ3v) is 6.20. The normalized spacial score (nSPS) is 11.5. The van der Waals surface area contributed by atoms with E-state index < -0.39 is 38.9 Å². The highest BCUT2D eigenvalue weighted by Gasteiger charge is 2.23. The molecule has 1 aromatic carbocycles. The summed E-state index contributed by atoms with van der Waals surface area (Å²) in [6.07, 6.45) is 1.56. The van der Waals surface area contributed by atoms with Crippen LogP contribution in [0.4, 0.5) is 26.0 Å². The predicted molar refractivity (Wildman–Crippen MR) is 111 cm³/mol. The van der Waals surface area contributed by atoms with Crippen molar-refractivity contribution in [3.63, 3.8) is 0 Å². The van der Waals surface area contributed by atoms with Crippen molar-refractivity contribution in [3.05, 3.63) is 35.0 Å². The second kappa shape index (κ2) is 8.83. The van der Waals surface area contributed by atoms with Crippen LogP contribution in [0.15, 0.2) is 18.5 Å². The van der Waals surface area contributed by atoms with Gasteiger partial charge >= 0.3 is 0 Å². The largest absolute Gasteiger partial charge is 0.368 e. The van der Waals surface area contributed by atoms with Gasteiger partial charge in [-0.1, -0.05) is 6.92 Å². The summed E-state index contributed by atoms with van der Waals surface area (Å²) in [5.41, 5.74) is -0.661. The van der Waals surface area contributed by atoms with E-state index >= 15 is 0 Å². The Morgan fingerprint density at radius 3 is 2.63 bits per heavy atom. The molecule has 9 nitrogen and oxygen atoms in total. The fraction of sp³-hybridized carbons (Fsp3) is 0.294. The molecule has 2 heterocycles. The smallest absolute Gasteiger partial charge is 0.269 e. The Morgan fingerprint density at radius 1 is 1.17 bits per heavy atom. The van der Waals surface area contributed by atoms with E-state index in [9.17, 15) is 22.0 Å². The van der Waals surface area contributed by atoms with Crippen LogP contribution < -0.4 is 15.4 Å². The number of nitrogens with zero attached hydrogens (tertiary/aromatic N) is 3. The summed E-state index contributed by atoms with van der Waals surface area (Å²) in [6.45, 7) is 4.08. The van der Waals surface area contributed by atoms with E-state index in [1.807, 2.05) is 6.92 Å². The van der Waals surface area contributed by atoms with Gasteiger partial charge in [-0.3, -0.25) is 9.52 Å². The second-order valence-corrected chi connectivity index (χ2v) is 8.74. The molecule has 0 aliphatic carbocycles. The van der Waals surface area contributed by atoms with Gasteiger partial charge in [0, 0.05) is 6.54 Å². The first-order valence-electron chi connectivity index (χ1n) is 8.91. The van der Waals surface area contributed by atoms with E-state index in [4.69, 9.17) is 0 Å². The first-order valence-corrected chi connectivity index (χ1v) is 11.3. The van der Waals surface area contributed by atoms with Gasteiger partial charge in [-0.25, -0.2) is 27.2 Å². The van der Waals surface area contributed by atoms with Crippen molar-refractivity contribution in [2.24, 2.45) is 0 Å². The van der Waals surface area contributed by atoms with Crippen molar-refractivity contribution >= 4 is 55.7 Å². The molecule has 2 aromatic heterocycles. The summed E-state index contributed by atoms with van der Waals surface area (Å²) in [4.78, 5) is 20.8. The van der Waals surface area contributed by atoms with Crippen LogP contribution in [0.2, 0.25) is 0 Å². The summed E-state index contributed by atoms with van der Waals surface area (Å²) >= 11 is 0.802. The zero-order valence-corrected chi connectivity index (χ0v) is 17.6. The molecule has 3 rings (SSSR count). The number of nitrogens with one attached hydrogen (secondary N) is 3. The lowest BCUT2D eigenvalue weighted by atomic mass is 10.2. The first kappa shape index (κ1) is 21.8. The number of benzene rings is 1. The summed E-state index contributed by atoms with van der Waals surface area (Å²) in [6, 6.07) is 1.81. The molecule has 13 heteroatoms. The second-order valence-electron chi connectivity index (χ2n) is 6.12. The highest BCUT2D eigenvalue weighted by Crippen LogP contribution is 2.29. The number of fused-ring (bicyclic) bond motifs is 1. The molecule has 0 saturated heterocycles. The minimum atomic E-state index is -3.80. The Balaban J connectivity index is 1.93. The zero-order chi connectivity index (χ0) is 21.9. The van der Waals surface area contributed by atoms with Crippen molar-refractivity contribution in [2.45, 2.75) is 20.3 Å². The van der Waals surface area contributed by atoms with Crippen LogP contribution in [-0.2, 0) is 10.0 Å². The Morgan fingerprint density at radius 2 is 1.93 bits per heavy atom. The molecule has 0 atom stereocenters. The fourth-order valence-corrected chi connectivity index (χ4v) is 4.47. The van der Waals surface area contributed by atoms with Crippen molar-refractivity contribution in [1.29, 1.82) is 0 Å². The van der Waals surface area contributed by atoms with Crippen LogP contribution in [0.1, 0.15) is 29.9 Å². The third-order valence-electron chi connectivity index (χ3n) is 3.88. The number of carbonyl (C=O) groups excluding carboxylic acids is 1. The summed E-state index contributed by atoms with van der Waals surface area (Å²) in [5.74, 6) is -2.93. The molecule has 0 aliphatic heterocycles. The molecule has 3 aromatic rings. The Labute approximate surface area is 175 Å². The number of halogens is 2. The van der Waals surface area contributed by atoms with Gasteiger partial charge in [-0.05, 0) is 37.0 Å². The maximum absolute atomic E-state index is 14.8. The maximum Gasteiger partial charge on any atom is 0.269 e. The highest BCUT2D eigenvalue weighted by atomic mass is 32.2. The monoisotopic (exact) mass is 456 g/mol. The van der Waals surface area contributed by atoms with Crippen molar-refractivity contribution in [2.75, 3.05) is 27.7 Å². The van der Waals surface area contributed by atoms with Gasteiger partial charge in [-0.15, -0.1) is 0 Å². The molecule has 1 amide bonds. The first-order chi connectivity index (χ1) is 14.3. The molecule has 0 aliphatic rings. The topological polar surface area (TPSA) is 126 Å². The number of anilines is 3. The average molecular weight is 457 g/mol. The molecule has 0 bridgehead atoms. The molecule has 160 valence electrons. The molecule has 3 N–H and O–H groups in total. The number of amides is 1. The maximum atomic E-state index is 14.8. The number of aromatic nitrogens is 3. The lowest BCUT2D eigenvalue weighted by molar-refractivity contribution is 0.103. The van der Waals surface area contributed by atoms with Gasteiger partial charge < -0.3 is 10.6 Å². The van der Waals surface area contributed by atoms with Gasteiger partial charge in [0.15, 0.2) is 11.6 Å². The predicted octanol–water partition coefficient (Wildman–Crippen LogP) is 3.20. The minimum absolute atomic E-state index is 0.0299. The van der Waals surface area contributed by atoms with Gasteiger partial charge in [-0.2, -0.15) is 4.37 Å². The number of sulfonamides is 1. The van der Waals surface area contributed by atoms with Crippen LogP contribution in [0.5, 0.6) is 0 Å². The summed E-state index contributed by atoms with van der Waals surface area (Å²) in [5, 5.41) is 5.13. The standard InChI is InChI=1S/C17H18F2N6O3S2/c1-3-7-30(27,28)25-10-6-5-9(18)12(11(10)19)23-17(26)15-13-14(24-29-15)16(20-4-2)22-8-21-13/h5-6,8,25H,3-4,7H2,1-2H3,(H,23,26)(H,20,21,22). The van der Waals surface area contributed by atoms with Crippen LogP contribution in [0, 0.1) is 11.6 Å². The van der Waals surface area contributed by atoms with E-state index in [1.54, 1.807) is 6.92 Å². The number of carbonyl (C=O) groups is 1. The SMILES string of the molecule is CCCS(=O)(=O)Nc1ccc(F)c(NC(=O)c2snc3c(NCC)ncnc23)c1F. The molecule has 0 saturated carbocycles. The number of hydrogen-bond acceptors (Lipinski definition) is 8. The van der Waals surface area contributed by atoms with E-state index in [0.29, 0.717) is 24.3 Å². The van der Waals surface area contributed by atoms with E-state index in [-0.39, 0.29) is 16.1 Å². The summed E-state index contributed by atoms with van der Waals surface area (Å²) in [7, 11) is -3.80. The van der Waals surface area contributed by atoms with Gasteiger partial charge in [0.2, 0.25) is 10.0 Å². The van der Waals surface area contributed by atoms with Crippen molar-refractivity contribution in [1.82, 2.24) is 14.3 Å². The quantitative estimate of drug-likeness (QED) is 0.475. The lowest BCUT2D eigenvalue weighted by Gasteiger charge is -2.12. The Bertz CT molecular complexity index is 1200. The zero-order valence-electron chi connectivity index (χ0n) is 16.0. The van der Waals surface area contributed by atoms with Crippen LogP contribution in [0.25, 0.3) is 11.0 Å². The van der Waals surface area contributed by atoms with Crippen LogP contribution >= 0.6 is 11.5 Å². The molecule has 0 radical (unpaired) electrons. The van der Waals surface area contributed by atoms with E-state index in [2.05, 4.69) is 29.7 Å². The Hall–Kier alpha value is -2.93. The van der Waals surface area contributed by atoms with E-state index in [1.165, 1.54) is 6.33 Å². The molecular weight excluding hydrogens is 438 g/mol. The Kier molecular flexibility index (Phi) is 6.41. The van der Waals surface area contributed by atoms with Gasteiger partial charge in [0.05, 0.1) is 11.4 Å². The average Bonchev–Trinajstić information content (AvgIpc) is 3.13. The van der Waals surface area contributed by atoms with Gasteiger partial charge in [0.1, 0.15) is 33.7 Å². The molecule has 0 fully saturated rings. The van der Waals surface area contributed by atoms with Crippen molar-refractivity contribution in [3.8, 4) is 0 Å². The lowest BCUT2D eigenvalue weighted by Crippen LogP contribution is -2.19. The molecule has 30 heavy (non-hydrogen) atoms. The highest BCUT2D eigenvalue weighted by molar-refractivity contribution is 7.92.